The number of rotatable bonds is 5. The van der Waals surface area contributed by atoms with Crippen LogP contribution in [0.15, 0.2) is 21.1 Å². The summed E-state index contributed by atoms with van der Waals surface area (Å²) in [7, 11) is -2.30. The van der Waals surface area contributed by atoms with E-state index in [-0.39, 0.29) is 0 Å². The second-order valence-electron chi connectivity index (χ2n) is 4.63. The summed E-state index contributed by atoms with van der Waals surface area (Å²) in [5.41, 5.74) is 2.25. The highest BCUT2D eigenvalue weighted by atomic mass is 31.2. The van der Waals surface area contributed by atoms with Gasteiger partial charge in [-0.3, -0.25) is 9.98 Å². The number of hydrogen-bond donors (Lipinski definition) is 0. The summed E-state index contributed by atoms with van der Waals surface area (Å²) in [6, 6.07) is 0. The van der Waals surface area contributed by atoms with Gasteiger partial charge in [0.05, 0.1) is 5.70 Å². The van der Waals surface area contributed by atoms with Crippen molar-refractivity contribution in [2.75, 3.05) is 0 Å². The first-order chi connectivity index (χ1) is 7.64. The van der Waals surface area contributed by atoms with E-state index in [0.717, 1.165) is 31.4 Å². The molecule has 4 heteroatoms. The van der Waals surface area contributed by atoms with Gasteiger partial charge in [0, 0.05) is 17.5 Å². The molecule has 0 atom stereocenters. The zero-order valence-electron chi connectivity index (χ0n) is 10.0. The molecule has 0 aliphatic heterocycles. The van der Waals surface area contributed by atoms with Crippen LogP contribution >= 0.6 is 7.14 Å². The van der Waals surface area contributed by atoms with Gasteiger partial charge >= 0.3 is 0 Å². The largest absolute Gasteiger partial charge is 0.316 e. The Hall–Kier alpha value is -0.690. The third kappa shape index (κ3) is 1.93. The summed E-state index contributed by atoms with van der Waals surface area (Å²) in [5.74, 6) is 0. The van der Waals surface area contributed by atoms with Gasteiger partial charge in [0.15, 0.2) is 0 Å². The van der Waals surface area contributed by atoms with Crippen LogP contribution in [0.5, 0.6) is 0 Å². The van der Waals surface area contributed by atoms with Crippen LogP contribution in [0.25, 0.3) is 0 Å². The second kappa shape index (κ2) is 4.29. The molecule has 2 fully saturated rings. The van der Waals surface area contributed by atoms with E-state index in [0.29, 0.717) is 16.8 Å². The van der Waals surface area contributed by atoms with E-state index in [1.165, 1.54) is 0 Å². The Morgan fingerprint density at radius 3 is 2.12 bits per heavy atom. The molecule has 2 aliphatic rings. The van der Waals surface area contributed by atoms with Crippen LogP contribution in [0.2, 0.25) is 0 Å². The molecule has 16 heavy (non-hydrogen) atoms. The summed E-state index contributed by atoms with van der Waals surface area (Å²) in [4.78, 5) is 8.28. The standard InChI is InChI=1S/C12H19N2OP/c1-4-14-9(2)12(13-3)16(15,10-5-6-10)11-7-8-11/h4,10-11H,3,5-8H2,1-2H3/b12-9+,14-4-. The average Bonchev–Trinajstić information content (AvgIpc) is 3.10. The van der Waals surface area contributed by atoms with Gasteiger partial charge in [-0.2, -0.15) is 0 Å². The molecule has 0 bridgehead atoms. The van der Waals surface area contributed by atoms with Crippen LogP contribution < -0.4 is 0 Å². The van der Waals surface area contributed by atoms with Crippen molar-refractivity contribution in [3.05, 3.63) is 11.1 Å². The Bertz CT molecular complexity index is 387. The van der Waals surface area contributed by atoms with Crippen LogP contribution in [0.4, 0.5) is 0 Å². The predicted octanol–water partition coefficient (Wildman–Crippen LogP) is 3.65. The first-order valence-corrected chi connectivity index (χ1v) is 7.75. The van der Waals surface area contributed by atoms with Crippen molar-refractivity contribution in [3.8, 4) is 0 Å². The molecule has 88 valence electrons. The highest BCUT2D eigenvalue weighted by molar-refractivity contribution is 7.70. The van der Waals surface area contributed by atoms with Crippen LogP contribution in [-0.4, -0.2) is 24.3 Å². The molecule has 0 heterocycles. The van der Waals surface area contributed by atoms with E-state index in [1.807, 2.05) is 13.8 Å². The molecular weight excluding hydrogens is 219 g/mol. The topological polar surface area (TPSA) is 41.8 Å². The first-order valence-electron chi connectivity index (χ1n) is 5.90. The Kier molecular flexibility index (Phi) is 3.16. The molecule has 3 nitrogen and oxygen atoms in total. The molecule has 0 unspecified atom stereocenters. The maximum atomic E-state index is 13.1. The monoisotopic (exact) mass is 238 g/mol. The van der Waals surface area contributed by atoms with E-state index >= 15 is 0 Å². The van der Waals surface area contributed by atoms with Crippen molar-refractivity contribution in [2.24, 2.45) is 9.98 Å². The smallest absolute Gasteiger partial charge is 0.140 e. The molecule has 2 aliphatic carbocycles. The minimum absolute atomic E-state index is 0.377. The quantitative estimate of drug-likeness (QED) is 0.532. The van der Waals surface area contributed by atoms with Gasteiger partial charge in [0.2, 0.25) is 0 Å². The van der Waals surface area contributed by atoms with Gasteiger partial charge < -0.3 is 4.57 Å². The zero-order chi connectivity index (χ0) is 11.8. The molecule has 2 rings (SSSR count). The summed E-state index contributed by atoms with van der Waals surface area (Å²) in [5, 5.41) is 0. The van der Waals surface area contributed by atoms with Gasteiger partial charge in [-0.1, -0.05) is 0 Å². The number of hydrogen-bond acceptors (Lipinski definition) is 3. The van der Waals surface area contributed by atoms with Gasteiger partial charge in [-0.15, -0.1) is 0 Å². The second-order valence-corrected chi connectivity index (χ2v) is 7.93. The third-order valence-electron chi connectivity index (χ3n) is 3.31. The lowest BCUT2D eigenvalue weighted by Crippen LogP contribution is -1.99. The maximum Gasteiger partial charge on any atom is 0.140 e. The van der Waals surface area contributed by atoms with E-state index in [9.17, 15) is 4.57 Å². The SMILES string of the molecule is C=N/C(=C(C)\N=C/C)P(=O)(C1CC1)C1CC1. The summed E-state index contributed by atoms with van der Waals surface area (Å²) >= 11 is 0. The lowest BCUT2D eigenvalue weighted by molar-refractivity contribution is 0.576. The zero-order valence-corrected chi connectivity index (χ0v) is 10.9. The highest BCUT2D eigenvalue weighted by Crippen LogP contribution is 2.75. The van der Waals surface area contributed by atoms with Gasteiger partial charge in [0.25, 0.3) is 0 Å². The van der Waals surface area contributed by atoms with Gasteiger partial charge in [-0.05, 0) is 46.2 Å². The Morgan fingerprint density at radius 2 is 1.81 bits per heavy atom. The van der Waals surface area contributed by atoms with Crippen LogP contribution in [0.1, 0.15) is 39.5 Å². The molecule has 0 aromatic heterocycles. The molecule has 2 saturated carbocycles. The fraction of sp³-hybridized carbons (Fsp3) is 0.667. The minimum Gasteiger partial charge on any atom is -0.316 e. The van der Waals surface area contributed by atoms with Crippen LogP contribution in [0, 0.1) is 0 Å². The van der Waals surface area contributed by atoms with Crippen molar-refractivity contribution in [1.29, 1.82) is 0 Å². The lowest BCUT2D eigenvalue weighted by atomic mass is 10.5. The van der Waals surface area contributed by atoms with Crippen molar-refractivity contribution in [3.63, 3.8) is 0 Å². The Balaban J connectivity index is 2.41. The minimum atomic E-state index is -2.30. The summed E-state index contributed by atoms with van der Waals surface area (Å²) < 4.78 is 13.1. The van der Waals surface area contributed by atoms with E-state index in [4.69, 9.17) is 0 Å². The number of nitrogens with zero attached hydrogens (tertiary/aromatic N) is 2. The van der Waals surface area contributed by atoms with Crippen molar-refractivity contribution in [2.45, 2.75) is 50.8 Å². The molecule has 0 radical (unpaired) electrons. The number of aliphatic imine (C=N–C) groups is 2. The van der Waals surface area contributed by atoms with Crippen molar-refractivity contribution in [1.82, 2.24) is 0 Å². The first kappa shape index (κ1) is 11.8. The normalized spacial score (nSPS) is 23.4. The average molecular weight is 238 g/mol. The van der Waals surface area contributed by atoms with Gasteiger partial charge in [0.1, 0.15) is 12.6 Å². The van der Waals surface area contributed by atoms with E-state index in [2.05, 4.69) is 16.7 Å². The fourth-order valence-corrected chi connectivity index (χ4v) is 6.19. The fourth-order valence-electron chi connectivity index (χ4n) is 2.29. The molecule has 0 saturated heterocycles. The Labute approximate surface area is 97.1 Å². The van der Waals surface area contributed by atoms with Crippen molar-refractivity contribution >= 4 is 20.1 Å². The van der Waals surface area contributed by atoms with E-state index < -0.39 is 7.14 Å². The molecule has 0 N–H and O–H groups in total. The molecule has 0 aromatic rings. The number of allylic oxidation sites excluding steroid dienone is 1. The predicted molar refractivity (Wildman–Crippen MR) is 70.1 cm³/mol. The summed E-state index contributed by atoms with van der Waals surface area (Å²) in [6.45, 7) is 7.35. The lowest BCUT2D eigenvalue weighted by Gasteiger charge is -2.18. The molecule has 0 amide bonds. The highest BCUT2D eigenvalue weighted by Gasteiger charge is 2.53. The molecular formula is C12H19N2OP. The van der Waals surface area contributed by atoms with Gasteiger partial charge in [-0.25, -0.2) is 0 Å². The summed E-state index contributed by atoms with van der Waals surface area (Å²) in [6.07, 6.45) is 6.10. The third-order valence-corrected chi connectivity index (χ3v) is 7.64. The van der Waals surface area contributed by atoms with Crippen LogP contribution in [0.3, 0.4) is 0 Å². The molecule has 0 aromatic carbocycles. The van der Waals surface area contributed by atoms with Crippen LogP contribution in [-0.2, 0) is 4.57 Å². The Morgan fingerprint density at radius 1 is 1.31 bits per heavy atom. The van der Waals surface area contributed by atoms with E-state index in [1.54, 1.807) is 6.21 Å². The van der Waals surface area contributed by atoms with Crippen molar-refractivity contribution < 1.29 is 4.57 Å². The maximum absolute atomic E-state index is 13.1. The molecule has 0 spiro atoms.